The molecule has 1 N–H and O–H groups in total. The number of hydrogen-bond donors (Lipinski definition) is 1. The average Bonchev–Trinajstić information content (AvgIpc) is 3.25. The van der Waals surface area contributed by atoms with E-state index in [-0.39, 0.29) is 11.4 Å². The fraction of sp³-hybridized carbons (Fsp3) is 0.467. The molecule has 24 heavy (non-hydrogen) atoms. The number of carbonyl (C=O) groups is 2. The van der Waals surface area contributed by atoms with Crippen LogP contribution in [-0.4, -0.2) is 54.7 Å². The highest BCUT2D eigenvalue weighted by molar-refractivity contribution is 7.93. The summed E-state index contributed by atoms with van der Waals surface area (Å²) in [6.45, 7) is 1.45. The lowest BCUT2D eigenvalue weighted by Gasteiger charge is -2.25. The van der Waals surface area contributed by atoms with Crippen LogP contribution >= 0.6 is 0 Å². The van der Waals surface area contributed by atoms with Crippen LogP contribution in [0, 0.1) is 17.2 Å². The second kappa shape index (κ2) is 5.36. The summed E-state index contributed by atoms with van der Waals surface area (Å²) in [6.07, 6.45) is 5.73. The third-order valence-corrected chi connectivity index (χ3v) is 6.08. The minimum absolute atomic E-state index is 0.00242. The second-order valence-corrected chi connectivity index (χ2v) is 8.08. The van der Waals surface area contributed by atoms with Gasteiger partial charge < -0.3 is 0 Å². The van der Waals surface area contributed by atoms with Crippen LogP contribution in [0.3, 0.4) is 0 Å². The molecule has 3 rings (SSSR count). The highest BCUT2D eigenvalue weighted by Gasteiger charge is 2.47. The van der Waals surface area contributed by atoms with Gasteiger partial charge in [-0.1, -0.05) is 0 Å². The standard InChI is InChI=1S/C15H17N4O4S/c1-15(5-6-15)17-24(22,23)10-3-4-12-11(9-10)13(20)19(8-7-16)14(21)18(12)2/h3-4,9,11,17H,5-6,8H2,1-2H3/q+1. The van der Waals surface area contributed by atoms with E-state index in [2.05, 4.69) is 4.72 Å². The molecule has 1 heterocycles. The number of nitriles is 1. The predicted octanol–water partition coefficient (Wildman–Crippen LogP) is 0.0973. The van der Waals surface area contributed by atoms with Crippen molar-refractivity contribution in [2.24, 2.45) is 5.92 Å². The van der Waals surface area contributed by atoms with Gasteiger partial charge in [-0.15, -0.1) is 4.90 Å². The Morgan fingerprint density at radius 2 is 2.08 bits per heavy atom. The Morgan fingerprint density at radius 3 is 2.67 bits per heavy atom. The van der Waals surface area contributed by atoms with E-state index in [1.165, 1.54) is 29.9 Å². The molecular formula is C15H17N4O4S+. The number of rotatable bonds is 4. The zero-order chi connectivity index (χ0) is 17.7. The summed E-state index contributed by atoms with van der Waals surface area (Å²) in [7, 11) is -2.25. The first-order valence-corrected chi connectivity index (χ1v) is 8.94. The molecule has 0 saturated heterocycles. The van der Waals surface area contributed by atoms with Crippen molar-refractivity contribution in [3.8, 4) is 6.07 Å². The Kier molecular flexibility index (Phi) is 3.69. The number of allylic oxidation sites excluding steroid dienone is 2. The smallest absolute Gasteiger partial charge is 0.245 e. The minimum atomic E-state index is -3.74. The van der Waals surface area contributed by atoms with Crippen molar-refractivity contribution < 1.29 is 22.6 Å². The minimum Gasteiger partial charge on any atom is -0.245 e. The number of imide groups is 1. The van der Waals surface area contributed by atoms with Crippen LogP contribution < -0.4 is 4.72 Å². The lowest BCUT2D eigenvalue weighted by Crippen LogP contribution is -2.53. The maximum absolute atomic E-state index is 12.5. The normalized spacial score (nSPS) is 25.3. The fourth-order valence-corrected chi connectivity index (χ4v) is 4.25. The monoisotopic (exact) mass is 349 g/mol. The van der Waals surface area contributed by atoms with Gasteiger partial charge in [-0.25, -0.2) is 17.9 Å². The van der Waals surface area contributed by atoms with Gasteiger partial charge in [0, 0.05) is 5.54 Å². The van der Waals surface area contributed by atoms with Gasteiger partial charge in [-0.3, -0.25) is 0 Å². The highest BCUT2D eigenvalue weighted by atomic mass is 32.2. The van der Waals surface area contributed by atoms with E-state index in [9.17, 15) is 18.0 Å². The molecule has 0 spiro atoms. The number of fused-ring (bicyclic) bond motifs is 1. The van der Waals surface area contributed by atoms with Gasteiger partial charge in [-0.2, -0.15) is 14.6 Å². The first-order chi connectivity index (χ1) is 11.2. The molecule has 1 saturated carbocycles. The maximum Gasteiger partial charge on any atom is 0.501 e. The van der Waals surface area contributed by atoms with Crippen LogP contribution in [0.15, 0.2) is 23.1 Å². The van der Waals surface area contributed by atoms with E-state index in [4.69, 9.17) is 5.26 Å². The van der Waals surface area contributed by atoms with Gasteiger partial charge in [-0.05, 0) is 38.0 Å². The van der Waals surface area contributed by atoms with E-state index in [1.54, 1.807) is 6.07 Å². The third kappa shape index (κ3) is 2.68. The van der Waals surface area contributed by atoms with E-state index in [0.29, 0.717) is 5.71 Å². The molecule has 1 unspecified atom stereocenters. The van der Waals surface area contributed by atoms with Crippen molar-refractivity contribution >= 4 is 27.7 Å². The first-order valence-electron chi connectivity index (χ1n) is 7.45. The zero-order valence-corrected chi connectivity index (χ0v) is 14.1. The third-order valence-electron chi connectivity index (χ3n) is 4.43. The second-order valence-electron chi connectivity index (χ2n) is 6.40. The molecular weight excluding hydrogens is 332 g/mol. The number of hydrogen-bond acceptors (Lipinski definition) is 5. The van der Waals surface area contributed by atoms with E-state index < -0.39 is 33.4 Å². The molecule has 0 aromatic heterocycles. The van der Waals surface area contributed by atoms with Crippen molar-refractivity contribution in [2.45, 2.75) is 25.3 Å². The predicted molar refractivity (Wildman–Crippen MR) is 84.3 cm³/mol. The van der Waals surface area contributed by atoms with Crippen LogP contribution in [0.1, 0.15) is 19.8 Å². The topological polar surface area (TPSA) is 110 Å². The van der Waals surface area contributed by atoms with Gasteiger partial charge in [0.1, 0.15) is 17.7 Å². The van der Waals surface area contributed by atoms with Crippen molar-refractivity contribution in [3.63, 3.8) is 0 Å². The van der Waals surface area contributed by atoms with Crippen LogP contribution in [0.5, 0.6) is 0 Å². The highest BCUT2D eigenvalue weighted by Crippen LogP contribution is 2.36. The summed E-state index contributed by atoms with van der Waals surface area (Å²) in [5, 5.41) is 8.80. The lowest BCUT2D eigenvalue weighted by atomic mass is 9.94. The molecule has 3 amide bonds. The number of nitrogens with one attached hydrogen (secondary N) is 1. The van der Waals surface area contributed by atoms with Crippen LogP contribution in [0.4, 0.5) is 4.79 Å². The Morgan fingerprint density at radius 1 is 1.42 bits per heavy atom. The molecule has 2 aliphatic carbocycles. The van der Waals surface area contributed by atoms with Crippen LogP contribution in [0.2, 0.25) is 0 Å². The lowest BCUT2D eigenvalue weighted by molar-refractivity contribution is -0.406. The Bertz CT molecular complexity index is 872. The summed E-state index contributed by atoms with van der Waals surface area (Å²) < 4.78 is 28.8. The summed E-state index contributed by atoms with van der Waals surface area (Å²) in [6, 6.07) is 1.18. The molecule has 0 radical (unpaired) electrons. The van der Waals surface area contributed by atoms with Gasteiger partial charge in [0.25, 0.3) is 0 Å². The molecule has 1 fully saturated rings. The Labute approximate surface area is 139 Å². The summed E-state index contributed by atoms with van der Waals surface area (Å²) in [4.78, 5) is 25.4. The maximum atomic E-state index is 12.5. The number of sulfonamides is 1. The van der Waals surface area contributed by atoms with Gasteiger partial charge in [0.2, 0.25) is 10.0 Å². The molecule has 0 aromatic rings. The molecule has 126 valence electrons. The van der Waals surface area contributed by atoms with Gasteiger partial charge in [0.15, 0.2) is 6.54 Å². The van der Waals surface area contributed by atoms with E-state index >= 15 is 0 Å². The number of carbonyl (C=O) groups excluding carboxylic acids is 2. The number of urea groups is 1. The van der Waals surface area contributed by atoms with E-state index in [0.717, 1.165) is 17.7 Å². The summed E-state index contributed by atoms with van der Waals surface area (Å²) >= 11 is 0. The molecule has 0 aromatic carbocycles. The van der Waals surface area contributed by atoms with E-state index in [1.807, 2.05) is 6.92 Å². The summed E-state index contributed by atoms with van der Waals surface area (Å²) in [5.41, 5.74) is -0.0241. The molecule has 1 atom stereocenters. The van der Waals surface area contributed by atoms with Crippen LogP contribution in [-0.2, 0) is 14.8 Å². The SMILES string of the molecule is C[N+]1=C2C=CC(S(=O)(=O)NC3(C)CC3)=CC2C(=O)N(CC#N)C1=O. The Hall–Kier alpha value is -2.31. The zero-order valence-electron chi connectivity index (χ0n) is 13.3. The quantitative estimate of drug-likeness (QED) is 0.571. The van der Waals surface area contributed by atoms with Crippen molar-refractivity contribution in [2.75, 3.05) is 13.6 Å². The number of amides is 3. The Balaban J connectivity index is 1.98. The van der Waals surface area contributed by atoms with Crippen molar-refractivity contribution in [1.29, 1.82) is 5.26 Å². The molecule has 1 aliphatic heterocycles. The molecule has 8 nitrogen and oxygen atoms in total. The van der Waals surface area contributed by atoms with Gasteiger partial charge >= 0.3 is 11.9 Å². The molecule has 3 aliphatic rings. The first kappa shape index (κ1) is 16.5. The summed E-state index contributed by atoms with van der Waals surface area (Å²) in [5.74, 6) is -1.49. The number of nitrogens with zero attached hydrogens (tertiary/aromatic N) is 3. The molecule has 9 heteroatoms. The fourth-order valence-electron chi connectivity index (χ4n) is 2.72. The molecule has 0 bridgehead atoms. The van der Waals surface area contributed by atoms with Crippen molar-refractivity contribution in [3.05, 3.63) is 23.1 Å². The van der Waals surface area contributed by atoms with Gasteiger partial charge in [0.05, 0.1) is 12.0 Å². The largest absolute Gasteiger partial charge is 0.501 e. The van der Waals surface area contributed by atoms with Crippen molar-refractivity contribution in [1.82, 2.24) is 9.62 Å². The average molecular weight is 349 g/mol. The van der Waals surface area contributed by atoms with Crippen LogP contribution in [0.25, 0.3) is 0 Å².